The standard InChI is InChI=1S/C9H17NO3/c1-9(2)7-13-5-4-10(9)6-8(11)12-3/h4-7H2,1-3H3. The summed E-state index contributed by atoms with van der Waals surface area (Å²) in [4.78, 5) is 13.1. The number of morpholine rings is 1. The zero-order chi connectivity index (χ0) is 9.90. The number of carbonyl (C=O) groups is 1. The van der Waals surface area contributed by atoms with Crippen LogP contribution in [0.3, 0.4) is 0 Å². The number of ether oxygens (including phenoxy) is 2. The molecule has 0 aromatic carbocycles. The van der Waals surface area contributed by atoms with Gasteiger partial charge in [0, 0.05) is 12.1 Å². The van der Waals surface area contributed by atoms with Crippen LogP contribution < -0.4 is 0 Å². The van der Waals surface area contributed by atoms with Gasteiger partial charge in [-0.2, -0.15) is 0 Å². The van der Waals surface area contributed by atoms with Crippen molar-refractivity contribution in [2.75, 3.05) is 33.4 Å². The topological polar surface area (TPSA) is 38.8 Å². The van der Waals surface area contributed by atoms with E-state index in [0.29, 0.717) is 19.8 Å². The van der Waals surface area contributed by atoms with Crippen LogP contribution in [0.5, 0.6) is 0 Å². The number of hydrogen-bond acceptors (Lipinski definition) is 4. The van der Waals surface area contributed by atoms with Crippen LogP contribution in [-0.2, 0) is 14.3 Å². The minimum absolute atomic E-state index is 0.0631. The van der Waals surface area contributed by atoms with E-state index in [1.807, 2.05) is 0 Å². The van der Waals surface area contributed by atoms with Crippen LogP contribution in [0.15, 0.2) is 0 Å². The summed E-state index contributed by atoms with van der Waals surface area (Å²) in [7, 11) is 1.41. The van der Waals surface area contributed by atoms with Crippen LogP contribution in [0.4, 0.5) is 0 Å². The smallest absolute Gasteiger partial charge is 0.319 e. The van der Waals surface area contributed by atoms with Crippen LogP contribution in [0.1, 0.15) is 13.8 Å². The molecule has 1 fully saturated rings. The monoisotopic (exact) mass is 187 g/mol. The molecule has 1 rings (SSSR count). The molecular weight excluding hydrogens is 170 g/mol. The first kappa shape index (κ1) is 10.5. The van der Waals surface area contributed by atoms with E-state index in [4.69, 9.17) is 4.74 Å². The lowest BCUT2D eigenvalue weighted by molar-refractivity contribution is -0.146. The predicted molar refractivity (Wildman–Crippen MR) is 48.5 cm³/mol. The van der Waals surface area contributed by atoms with Gasteiger partial charge in [-0.1, -0.05) is 0 Å². The van der Waals surface area contributed by atoms with Crippen molar-refractivity contribution < 1.29 is 14.3 Å². The molecule has 0 saturated carbocycles. The number of rotatable bonds is 2. The third-order valence-corrected chi connectivity index (χ3v) is 2.36. The van der Waals surface area contributed by atoms with Gasteiger partial charge in [0.2, 0.25) is 0 Å². The van der Waals surface area contributed by atoms with Gasteiger partial charge in [-0.05, 0) is 13.8 Å². The van der Waals surface area contributed by atoms with Crippen molar-refractivity contribution in [3.8, 4) is 0 Å². The number of methoxy groups -OCH3 is 1. The number of hydrogen-bond donors (Lipinski definition) is 0. The highest BCUT2D eigenvalue weighted by atomic mass is 16.5. The van der Waals surface area contributed by atoms with Crippen molar-refractivity contribution in [3.05, 3.63) is 0 Å². The normalized spacial score (nSPS) is 22.7. The van der Waals surface area contributed by atoms with E-state index in [9.17, 15) is 4.79 Å². The van der Waals surface area contributed by atoms with E-state index >= 15 is 0 Å². The molecule has 0 aromatic rings. The minimum atomic E-state index is -0.185. The van der Waals surface area contributed by atoms with E-state index in [-0.39, 0.29) is 11.5 Å². The van der Waals surface area contributed by atoms with E-state index < -0.39 is 0 Å². The SMILES string of the molecule is COC(=O)CN1CCOCC1(C)C. The zero-order valence-electron chi connectivity index (χ0n) is 8.50. The molecule has 0 radical (unpaired) electrons. The van der Waals surface area contributed by atoms with Gasteiger partial charge in [0.05, 0.1) is 26.9 Å². The molecular formula is C9H17NO3. The molecule has 0 aliphatic carbocycles. The van der Waals surface area contributed by atoms with Gasteiger partial charge < -0.3 is 9.47 Å². The minimum Gasteiger partial charge on any atom is -0.468 e. The molecule has 4 nitrogen and oxygen atoms in total. The highest BCUT2D eigenvalue weighted by molar-refractivity contribution is 5.71. The second-order valence-corrected chi connectivity index (χ2v) is 3.86. The molecule has 0 unspecified atom stereocenters. The van der Waals surface area contributed by atoms with Gasteiger partial charge in [0.1, 0.15) is 0 Å². The Bertz CT molecular complexity index is 191. The Balaban J connectivity index is 2.51. The summed E-state index contributed by atoms with van der Waals surface area (Å²) in [5.41, 5.74) is -0.0631. The third kappa shape index (κ3) is 2.67. The molecule has 1 aliphatic rings. The molecule has 0 aromatic heterocycles. The van der Waals surface area contributed by atoms with Crippen molar-refractivity contribution in [2.24, 2.45) is 0 Å². The Morgan fingerprint density at radius 2 is 2.31 bits per heavy atom. The maximum Gasteiger partial charge on any atom is 0.319 e. The van der Waals surface area contributed by atoms with Gasteiger partial charge in [-0.3, -0.25) is 9.69 Å². The molecule has 13 heavy (non-hydrogen) atoms. The van der Waals surface area contributed by atoms with E-state index in [1.54, 1.807) is 0 Å². The average Bonchev–Trinajstić information content (AvgIpc) is 2.08. The fourth-order valence-electron chi connectivity index (χ4n) is 1.40. The third-order valence-electron chi connectivity index (χ3n) is 2.36. The lowest BCUT2D eigenvalue weighted by Gasteiger charge is -2.41. The van der Waals surface area contributed by atoms with E-state index in [2.05, 4.69) is 23.5 Å². The Morgan fingerprint density at radius 1 is 1.62 bits per heavy atom. The quantitative estimate of drug-likeness (QED) is 0.582. The maximum absolute atomic E-state index is 11.1. The molecule has 0 amide bonds. The van der Waals surface area contributed by atoms with Crippen LogP contribution in [0.2, 0.25) is 0 Å². The Labute approximate surface area is 78.8 Å². The van der Waals surface area contributed by atoms with Crippen molar-refractivity contribution in [3.63, 3.8) is 0 Å². The zero-order valence-corrected chi connectivity index (χ0v) is 8.50. The molecule has 1 heterocycles. The highest BCUT2D eigenvalue weighted by Crippen LogP contribution is 2.18. The molecule has 0 N–H and O–H groups in total. The van der Waals surface area contributed by atoms with Crippen molar-refractivity contribution in [1.29, 1.82) is 0 Å². The first-order valence-corrected chi connectivity index (χ1v) is 4.46. The molecule has 1 aliphatic heterocycles. The van der Waals surface area contributed by atoms with Crippen LogP contribution in [0.25, 0.3) is 0 Å². The summed E-state index contributed by atoms with van der Waals surface area (Å²) in [5, 5.41) is 0. The Kier molecular flexibility index (Phi) is 3.27. The van der Waals surface area contributed by atoms with E-state index in [0.717, 1.165) is 6.54 Å². The van der Waals surface area contributed by atoms with E-state index in [1.165, 1.54) is 7.11 Å². The average molecular weight is 187 g/mol. The first-order valence-electron chi connectivity index (χ1n) is 4.46. The second kappa shape index (κ2) is 4.07. The summed E-state index contributed by atoms with van der Waals surface area (Å²) in [6, 6.07) is 0. The summed E-state index contributed by atoms with van der Waals surface area (Å²) >= 11 is 0. The Hall–Kier alpha value is -0.610. The van der Waals surface area contributed by atoms with Crippen LogP contribution in [0, 0.1) is 0 Å². The molecule has 0 spiro atoms. The summed E-state index contributed by atoms with van der Waals surface area (Å²) < 4.78 is 9.96. The largest absolute Gasteiger partial charge is 0.468 e. The maximum atomic E-state index is 11.1. The first-order chi connectivity index (χ1) is 6.06. The fourth-order valence-corrected chi connectivity index (χ4v) is 1.40. The number of esters is 1. The lowest BCUT2D eigenvalue weighted by atomic mass is 10.0. The van der Waals surface area contributed by atoms with Gasteiger partial charge in [0.15, 0.2) is 0 Å². The lowest BCUT2D eigenvalue weighted by Crippen LogP contribution is -2.54. The van der Waals surface area contributed by atoms with Gasteiger partial charge in [-0.25, -0.2) is 0 Å². The molecule has 0 bridgehead atoms. The number of carbonyl (C=O) groups excluding carboxylic acids is 1. The Morgan fingerprint density at radius 3 is 2.85 bits per heavy atom. The molecule has 4 heteroatoms. The second-order valence-electron chi connectivity index (χ2n) is 3.86. The van der Waals surface area contributed by atoms with Crippen molar-refractivity contribution >= 4 is 5.97 Å². The van der Waals surface area contributed by atoms with Crippen LogP contribution >= 0.6 is 0 Å². The summed E-state index contributed by atoms with van der Waals surface area (Å²) in [6.45, 7) is 6.64. The fraction of sp³-hybridized carbons (Fsp3) is 0.889. The summed E-state index contributed by atoms with van der Waals surface area (Å²) in [6.07, 6.45) is 0. The van der Waals surface area contributed by atoms with Gasteiger partial charge >= 0.3 is 5.97 Å². The molecule has 1 saturated heterocycles. The highest BCUT2D eigenvalue weighted by Gasteiger charge is 2.31. The van der Waals surface area contributed by atoms with Gasteiger partial charge in [0.25, 0.3) is 0 Å². The predicted octanol–water partition coefficient (Wildman–Crippen LogP) is 0.270. The van der Waals surface area contributed by atoms with Gasteiger partial charge in [-0.15, -0.1) is 0 Å². The van der Waals surface area contributed by atoms with Crippen molar-refractivity contribution in [2.45, 2.75) is 19.4 Å². The molecule has 76 valence electrons. The summed E-state index contributed by atoms with van der Waals surface area (Å²) in [5.74, 6) is -0.185. The van der Waals surface area contributed by atoms with Crippen molar-refractivity contribution in [1.82, 2.24) is 4.90 Å². The number of nitrogens with zero attached hydrogens (tertiary/aromatic N) is 1. The van der Waals surface area contributed by atoms with Crippen LogP contribution in [-0.4, -0.2) is 49.8 Å². The molecule has 0 atom stereocenters.